The third-order valence-electron chi connectivity index (χ3n) is 5.16. The second kappa shape index (κ2) is 10.4. The third kappa shape index (κ3) is 5.46. The number of ether oxygens (including phenoxy) is 2. The zero-order valence-corrected chi connectivity index (χ0v) is 17.0. The second-order valence-corrected chi connectivity index (χ2v) is 7.45. The number of rotatable bonds is 11. The molecular weight excluding hydrogens is 392 g/mol. The van der Waals surface area contributed by atoms with Crippen molar-refractivity contribution in [3.63, 3.8) is 0 Å². The van der Waals surface area contributed by atoms with Crippen molar-refractivity contribution in [2.45, 2.75) is 57.3 Å². The highest BCUT2D eigenvalue weighted by Crippen LogP contribution is 2.38. The summed E-state index contributed by atoms with van der Waals surface area (Å²) in [4.78, 5) is 35.8. The van der Waals surface area contributed by atoms with Gasteiger partial charge in [0, 0.05) is 24.3 Å². The number of aliphatic hydroxyl groups excluding tert-OH is 3. The first-order valence-electron chi connectivity index (χ1n) is 9.91. The van der Waals surface area contributed by atoms with Crippen molar-refractivity contribution in [3.05, 3.63) is 48.0 Å². The molecule has 4 atom stereocenters. The van der Waals surface area contributed by atoms with E-state index in [2.05, 4.69) is 13.2 Å². The number of ketones is 2. The van der Waals surface area contributed by atoms with Crippen molar-refractivity contribution in [2.24, 2.45) is 5.92 Å². The van der Waals surface area contributed by atoms with E-state index in [9.17, 15) is 29.7 Å². The van der Waals surface area contributed by atoms with Gasteiger partial charge in [0.2, 0.25) is 0 Å². The monoisotopic (exact) mass is 420 g/mol. The largest absolute Gasteiger partial charge is 0.504 e. The minimum absolute atomic E-state index is 0.0369. The Kier molecular flexibility index (Phi) is 8.14. The molecule has 0 bridgehead atoms. The zero-order chi connectivity index (χ0) is 22.4. The van der Waals surface area contributed by atoms with Gasteiger partial charge < -0.3 is 24.8 Å². The van der Waals surface area contributed by atoms with E-state index in [4.69, 9.17) is 9.47 Å². The fourth-order valence-corrected chi connectivity index (χ4v) is 3.38. The number of hydrogen-bond acceptors (Lipinski definition) is 8. The molecule has 0 saturated carbocycles. The Bertz CT molecular complexity index is 791. The summed E-state index contributed by atoms with van der Waals surface area (Å²) in [5.74, 6) is -3.21. The molecule has 164 valence electrons. The number of Topliss-reactive ketones (excluding diaryl/α,β-unsaturated/α-hetero) is 2. The molecule has 0 aromatic rings. The molecule has 0 heterocycles. The molecule has 2 aliphatic rings. The molecule has 0 spiro atoms. The Balaban J connectivity index is 1.87. The van der Waals surface area contributed by atoms with Gasteiger partial charge >= 0.3 is 5.97 Å². The molecule has 0 aromatic heterocycles. The van der Waals surface area contributed by atoms with E-state index in [0.29, 0.717) is 12.0 Å². The van der Waals surface area contributed by atoms with Crippen LogP contribution in [0.2, 0.25) is 0 Å². The molecule has 0 aliphatic heterocycles. The quantitative estimate of drug-likeness (QED) is 0.152. The summed E-state index contributed by atoms with van der Waals surface area (Å²) in [5.41, 5.74) is 0.379. The maximum Gasteiger partial charge on any atom is 0.373 e. The number of esters is 1. The highest BCUT2D eigenvalue weighted by atomic mass is 16.6. The number of carbonyl (C=O) groups excluding carboxylic acids is 3. The molecule has 1 unspecified atom stereocenters. The number of carbonyl (C=O) groups is 3. The topological polar surface area (TPSA) is 130 Å². The van der Waals surface area contributed by atoms with Gasteiger partial charge in [0.25, 0.3) is 0 Å². The average Bonchev–Trinajstić information content (AvgIpc) is 3.01. The van der Waals surface area contributed by atoms with Crippen LogP contribution in [-0.2, 0) is 23.9 Å². The first-order chi connectivity index (χ1) is 14.2. The first-order valence-corrected chi connectivity index (χ1v) is 9.91. The summed E-state index contributed by atoms with van der Waals surface area (Å²) >= 11 is 0. The van der Waals surface area contributed by atoms with E-state index in [1.165, 1.54) is 12.2 Å². The lowest BCUT2D eigenvalue weighted by atomic mass is 9.86. The van der Waals surface area contributed by atoms with E-state index in [-0.39, 0.29) is 30.0 Å². The normalized spacial score (nSPS) is 23.7. The summed E-state index contributed by atoms with van der Waals surface area (Å²) in [6, 6.07) is 0. The molecule has 0 fully saturated rings. The predicted octanol–water partition coefficient (Wildman–Crippen LogP) is 1.83. The fourth-order valence-electron chi connectivity index (χ4n) is 3.38. The molecular formula is C22H28O8. The number of aliphatic hydroxyl groups is 3. The molecule has 2 aliphatic carbocycles. The van der Waals surface area contributed by atoms with Crippen LogP contribution in [0.15, 0.2) is 48.0 Å². The van der Waals surface area contributed by atoms with E-state index in [1.54, 1.807) is 0 Å². The van der Waals surface area contributed by atoms with Crippen molar-refractivity contribution < 1.29 is 39.2 Å². The van der Waals surface area contributed by atoms with Crippen LogP contribution in [0.25, 0.3) is 0 Å². The minimum Gasteiger partial charge on any atom is -0.504 e. The van der Waals surface area contributed by atoms with Gasteiger partial charge in [0.1, 0.15) is 24.9 Å². The van der Waals surface area contributed by atoms with E-state index < -0.39 is 48.3 Å². The molecule has 2 rings (SSSR count). The third-order valence-corrected chi connectivity index (χ3v) is 5.16. The molecule has 8 nitrogen and oxygen atoms in total. The summed E-state index contributed by atoms with van der Waals surface area (Å²) in [5, 5.41) is 30.0. The van der Waals surface area contributed by atoms with E-state index in [1.807, 2.05) is 6.92 Å². The standard InChI is InChI=1S/C22H28O8/c1-4-5-6-7-16(23)19(26)12(2)11-29-22(28)13(3)30-21-15-10-18(25)20(27)14(15)8-9-17(21)24/h8-9,15,17,19,21,24,26-27H,2-7,10-11H2,1H3/t15-,17-,19?,21-/m1/s1. The first kappa shape index (κ1) is 23.6. The Morgan fingerprint density at radius 1 is 1.30 bits per heavy atom. The summed E-state index contributed by atoms with van der Waals surface area (Å²) in [7, 11) is 0. The Morgan fingerprint density at radius 2 is 2.00 bits per heavy atom. The van der Waals surface area contributed by atoms with Gasteiger partial charge in [0.05, 0.1) is 0 Å². The van der Waals surface area contributed by atoms with Gasteiger partial charge in [-0.05, 0) is 18.6 Å². The predicted molar refractivity (Wildman–Crippen MR) is 107 cm³/mol. The van der Waals surface area contributed by atoms with Gasteiger partial charge in [0.15, 0.2) is 23.1 Å². The van der Waals surface area contributed by atoms with Crippen LogP contribution in [0, 0.1) is 5.92 Å². The molecule has 0 saturated heterocycles. The molecule has 0 amide bonds. The van der Waals surface area contributed by atoms with Gasteiger partial charge in [-0.1, -0.05) is 38.5 Å². The number of hydrogen-bond donors (Lipinski definition) is 3. The van der Waals surface area contributed by atoms with Gasteiger partial charge in [-0.2, -0.15) is 0 Å². The van der Waals surface area contributed by atoms with Crippen LogP contribution in [0.1, 0.15) is 39.0 Å². The lowest BCUT2D eigenvalue weighted by Crippen LogP contribution is -2.38. The smallest absolute Gasteiger partial charge is 0.373 e. The molecule has 30 heavy (non-hydrogen) atoms. The van der Waals surface area contributed by atoms with Gasteiger partial charge in [-0.3, -0.25) is 9.59 Å². The highest BCUT2D eigenvalue weighted by Gasteiger charge is 2.43. The van der Waals surface area contributed by atoms with Crippen LogP contribution in [0.5, 0.6) is 0 Å². The van der Waals surface area contributed by atoms with E-state index in [0.717, 1.165) is 12.8 Å². The van der Waals surface area contributed by atoms with Crippen LogP contribution in [0.3, 0.4) is 0 Å². The van der Waals surface area contributed by atoms with Crippen molar-refractivity contribution in [1.82, 2.24) is 0 Å². The minimum atomic E-state index is -1.42. The van der Waals surface area contributed by atoms with Crippen LogP contribution < -0.4 is 0 Å². The lowest BCUT2D eigenvalue weighted by molar-refractivity contribution is -0.145. The highest BCUT2D eigenvalue weighted by molar-refractivity contribution is 5.97. The Labute approximate surface area is 175 Å². The Hall–Kier alpha value is -2.71. The summed E-state index contributed by atoms with van der Waals surface area (Å²) < 4.78 is 10.4. The Morgan fingerprint density at radius 3 is 2.67 bits per heavy atom. The maximum absolute atomic E-state index is 12.2. The summed E-state index contributed by atoms with van der Waals surface area (Å²) in [6.07, 6.45) is 1.93. The molecule has 8 heteroatoms. The van der Waals surface area contributed by atoms with Gasteiger partial charge in [-0.15, -0.1) is 0 Å². The SMILES string of the molecule is C=C(O[C@H]1[C@H](O)C=CC2=C(O)C(=O)C[C@H]21)C(=O)OCC(=C)C(O)C(=O)CCCCC. The lowest BCUT2D eigenvalue weighted by Gasteiger charge is -2.31. The number of fused-ring (bicyclic) bond motifs is 1. The maximum atomic E-state index is 12.2. The van der Waals surface area contributed by atoms with Gasteiger partial charge in [-0.25, -0.2) is 4.79 Å². The van der Waals surface area contributed by atoms with Crippen molar-refractivity contribution in [3.8, 4) is 0 Å². The number of allylic oxidation sites excluding steroid dienone is 2. The number of unbranched alkanes of at least 4 members (excludes halogenated alkanes) is 2. The molecule has 3 N–H and O–H groups in total. The van der Waals surface area contributed by atoms with Crippen LogP contribution >= 0.6 is 0 Å². The second-order valence-electron chi connectivity index (χ2n) is 7.45. The van der Waals surface area contributed by atoms with Crippen molar-refractivity contribution >= 4 is 17.5 Å². The molecule has 0 aromatic carbocycles. The summed E-state index contributed by atoms with van der Waals surface area (Å²) in [6.45, 7) is 8.67. The van der Waals surface area contributed by atoms with Crippen LogP contribution in [-0.4, -0.2) is 57.8 Å². The molecule has 0 radical (unpaired) electrons. The average molecular weight is 420 g/mol. The van der Waals surface area contributed by atoms with E-state index >= 15 is 0 Å². The zero-order valence-electron chi connectivity index (χ0n) is 17.0. The van der Waals surface area contributed by atoms with Crippen molar-refractivity contribution in [1.29, 1.82) is 0 Å². The van der Waals surface area contributed by atoms with Crippen LogP contribution in [0.4, 0.5) is 0 Å². The fraction of sp³-hybridized carbons (Fsp3) is 0.500. The van der Waals surface area contributed by atoms with Crippen molar-refractivity contribution in [2.75, 3.05) is 6.61 Å².